The molecule has 0 aromatic carbocycles. The van der Waals surface area contributed by atoms with Crippen molar-refractivity contribution in [3.05, 3.63) is 11.6 Å². The summed E-state index contributed by atoms with van der Waals surface area (Å²) in [7, 11) is 0. The fraction of sp³-hybridized carbons (Fsp3) is 0.786. The Hall–Kier alpha value is -0.860. The Morgan fingerprint density at radius 3 is 2.67 bits per heavy atom. The number of fused-ring (bicyclic) bond motifs is 1. The molecule has 1 fully saturated rings. The van der Waals surface area contributed by atoms with Gasteiger partial charge in [0.05, 0.1) is 0 Å². The van der Waals surface area contributed by atoms with Gasteiger partial charge in [0.25, 0.3) is 0 Å². The highest BCUT2D eigenvalue weighted by Crippen LogP contribution is 2.15. The summed E-state index contributed by atoms with van der Waals surface area (Å²) in [5.74, 6) is 3.17. The third-order valence-electron chi connectivity index (χ3n) is 4.05. The molecule has 2 aliphatic rings. The number of nitrogens with one attached hydrogen (secondary N) is 1. The maximum Gasteiger partial charge on any atom is 0.194 e. The number of guanidine groups is 1. The third kappa shape index (κ3) is 3.87. The van der Waals surface area contributed by atoms with Crippen LogP contribution in [0.2, 0.25) is 0 Å². The van der Waals surface area contributed by atoms with Crippen LogP contribution in [0.15, 0.2) is 4.99 Å². The van der Waals surface area contributed by atoms with Gasteiger partial charge in [-0.3, -0.25) is 0 Å². The van der Waals surface area contributed by atoms with Gasteiger partial charge in [-0.15, -0.1) is 34.2 Å². The minimum absolute atomic E-state index is 0. The molecule has 0 aliphatic carbocycles. The molecule has 0 amide bonds. The molecule has 6 nitrogen and oxygen atoms in total. The molecule has 21 heavy (non-hydrogen) atoms. The zero-order valence-corrected chi connectivity index (χ0v) is 15.0. The molecule has 7 heteroatoms. The van der Waals surface area contributed by atoms with Crippen molar-refractivity contribution in [2.24, 2.45) is 4.99 Å². The lowest BCUT2D eigenvalue weighted by Crippen LogP contribution is -2.39. The number of hydrogen-bond acceptors (Lipinski definition) is 3. The molecule has 0 saturated carbocycles. The zero-order valence-electron chi connectivity index (χ0n) is 12.7. The summed E-state index contributed by atoms with van der Waals surface area (Å²) in [4.78, 5) is 7.10. The Morgan fingerprint density at radius 2 is 1.90 bits per heavy atom. The van der Waals surface area contributed by atoms with E-state index < -0.39 is 0 Å². The molecule has 0 radical (unpaired) electrons. The first-order valence-corrected chi connectivity index (χ1v) is 7.82. The van der Waals surface area contributed by atoms with Gasteiger partial charge < -0.3 is 14.8 Å². The smallest absolute Gasteiger partial charge is 0.194 e. The summed E-state index contributed by atoms with van der Waals surface area (Å²) in [6.07, 6.45) is 6.06. The molecule has 0 spiro atoms. The topological polar surface area (TPSA) is 58.3 Å². The number of aliphatic imine (C=N–C) groups is 1. The fourth-order valence-corrected chi connectivity index (χ4v) is 2.99. The molecule has 0 unspecified atom stereocenters. The second kappa shape index (κ2) is 7.95. The maximum absolute atomic E-state index is 4.75. The van der Waals surface area contributed by atoms with Crippen molar-refractivity contribution < 1.29 is 0 Å². The number of aromatic nitrogens is 3. The molecular formula is C14H25IN6. The largest absolute Gasteiger partial charge is 0.357 e. The number of likely N-dealkylation sites (tertiary alicyclic amines) is 1. The Bertz CT molecular complexity index is 478. The van der Waals surface area contributed by atoms with E-state index in [1.807, 2.05) is 0 Å². The molecule has 2 aliphatic heterocycles. The van der Waals surface area contributed by atoms with Crippen LogP contribution in [0.4, 0.5) is 0 Å². The van der Waals surface area contributed by atoms with Gasteiger partial charge in [-0.05, 0) is 32.6 Å². The summed E-state index contributed by atoms with van der Waals surface area (Å²) >= 11 is 0. The minimum atomic E-state index is 0. The SMILES string of the molecule is CCNC(=NCc1nnc2n1CCCC2)N1CCCC1.I. The monoisotopic (exact) mass is 404 g/mol. The van der Waals surface area contributed by atoms with Crippen molar-refractivity contribution in [3.8, 4) is 0 Å². The number of halogens is 1. The lowest BCUT2D eigenvalue weighted by molar-refractivity contribution is 0.488. The highest BCUT2D eigenvalue weighted by atomic mass is 127. The summed E-state index contributed by atoms with van der Waals surface area (Å²) in [6.45, 7) is 6.94. The van der Waals surface area contributed by atoms with Crippen LogP contribution in [0.1, 0.15) is 44.3 Å². The molecular weight excluding hydrogens is 379 g/mol. The second-order valence-corrected chi connectivity index (χ2v) is 5.51. The first-order chi connectivity index (χ1) is 9.88. The second-order valence-electron chi connectivity index (χ2n) is 5.51. The maximum atomic E-state index is 4.75. The number of aryl methyl sites for hydroxylation is 1. The lowest BCUT2D eigenvalue weighted by atomic mass is 10.2. The van der Waals surface area contributed by atoms with Gasteiger partial charge in [0, 0.05) is 32.6 Å². The van der Waals surface area contributed by atoms with Crippen molar-refractivity contribution in [2.45, 2.75) is 52.1 Å². The van der Waals surface area contributed by atoms with Gasteiger partial charge in [0.15, 0.2) is 11.8 Å². The van der Waals surface area contributed by atoms with Gasteiger partial charge >= 0.3 is 0 Å². The van der Waals surface area contributed by atoms with E-state index in [4.69, 9.17) is 4.99 Å². The van der Waals surface area contributed by atoms with E-state index in [0.29, 0.717) is 6.54 Å². The quantitative estimate of drug-likeness (QED) is 0.474. The molecule has 0 atom stereocenters. The van der Waals surface area contributed by atoms with Crippen LogP contribution in [-0.4, -0.2) is 45.3 Å². The Balaban J connectivity index is 0.00000161. The van der Waals surface area contributed by atoms with Crippen LogP contribution >= 0.6 is 24.0 Å². The van der Waals surface area contributed by atoms with Gasteiger partial charge in [-0.1, -0.05) is 0 Å². The average Bonchev–Trinajstić information content (AvgIpc) is 3.13. The molecule has 3 rings (SSSR count). The highest BCUT2D eigenvalue weighted by Gasteiger charge is 2.18. The predicted molar refractivity (Wildman–Crippen MR) is 94.0 cm³/mol. The van der Waals surface area contributed by atoms with E-state index >= 15 is 0 Å². The number of rotatable bonds is 3. The van der Waals surface area contributed by atoms with E-state index in [1.54, 1.807) is 0 Å². The molecule has 1 aromatic rings. The molecule has 3 heterocycles. The normalized spacial score (nSPS) is 18.3. The highest BCUT2D eigenvalue weighted by molar-refractivity contribution is 14.0. The lowest BCUT2D eigenvalue weighted by Gasteiger charge is -2.20. The first kappa shape index (κ1) is 16.5. The molecule has 0 bridgehead atoms. The summed E-state index contributed by atoms with van der Waals surface area (Å²) in [5.41, 5.74) is 0. The Morgan fingerprint density at radius 1 is 1.14 bits per heavy atom. The average molecular weight is 404 g/mol. The zero-order chi connectivity index (χ0) is 13.8. The van der Waals surface area contributed by atoms with E-state index in [1.165, 1.54) is 25.7 Å². The van der Waals surface area contributed by atoms with E-state index in [-0.39, 0.29) is 24.0 Å². The molecule has 118 valence electrons. The molecule has 1 N–H and O–H groups in total. The summed E-state index contributed by atoms with van der Waals surface area (Å²) < 4.78 is 2.25. The number of hydrogen-bond donors (Lipinski definition) is 1. The molecule has 1 aromatic heterocycles. The van der Waals surface area contributed by atoms with E-state index in [0.717, 1.165) is 50.2 Å². The standard InChI is InChI=1S/C14H24N6.HI/c1-2-15-14(19-8-5-6-9-19)16-11-13-18-17-12-7-3-4-10-20(12)13;/h2-11H2,1H3,(H,15,16);1H. The van der Waals surface area contributed by atoms with Crippen LogP contribution in [0.3, 0.4) is 0 Å². The summed E-state index contributed by atoms with van der Waals surface area (Å²) in [6, 6.07) is 0. The van der Waals surface area contributed by atoms with Gasteiger partial charge in [0.1, 0.15) is 12.4 Å². The van der Waals surface area contributed by atoms with Crippen LogP contribution in [0.5, 0.6) is 0 Å². The minimum Gasteiger partial charge on any atom is -0.357 e. The van der Waals surface area contributed by atoms with Crippen molar-refractivity contribution in [1.29, 1.82) is 0 Å². The number of nitrogens with zero attached hydrogens (tertiary/aromatic N) is 5. The van der Waals surface area contributed by atoms with E-state index in [2.05, 4.69) is 31.9 Å². The van der Waals surface area contributed by atoms with E-state index in [9.17, 15) is 0 Å². The van der Waals surface area contributed by atoms with Crippen LogP contribution in [0, 0.1) is 0 Å². The summed E-state index contributed by atoms with van der Waals surface area (Å²) in [5, 5.41) is 12.0. The van der Waals surface area contributed by atoms with Crippen molar-refractivity contribution in [1.82, 2.24) is 25.0 Å². The van der Waals surface area contributed by atoms with Crippen molar-refractivity contribution >= 4 is 29.9 Å². The van der Waals surface area contributed by atoms with Gasteiger partial charge in [0.2, 0.25) is 0 Å². The van der Waals surface area contributed by atoms with Crippen molar-refractivity contribution in [2.75, 3.05) is 19.6 Å². The fourth-order valence-electron chi connectivity index (χ4n) is 2.99. The van der Waals surface area contributed by atoms with Crippen LogP contribution in [-0.2, 0) is 19.5 Å². The Kier molecular flexibility index (Phi) is 6.25. The predicted octanol–water partition coefficient (Wildman–Crippen LogP) is 1.79. The first-order valence-electron chi connectivity index (χ1n) is 7.82. The van der Waals surface area contributed by atoms with Crippen LogP contribution in [0.25, 0.3) is 0 Å². The van der Waals surface area contributed by atoms with Crippen molar-refractivity contribution in [3.63, 3.8) is 0 Å². The molecule has 1 saturated heterocycles. The van der Waals surface area contributed by atoms with Gasteiger partial charge in [-0.25, -0.2) is 4.99 Å². The third-order valence-corrected chi connectivity index (χ3v) is 4.05. The van der Waals surface area contributed by atoms with Crippen LogP contribution < -0.4 is 5.32 Å². The Labute approximate surface area is 143 Å². The van der Waals surface area contributed by atoms with Gasteiger partial charge in [-0.2, -0.15) is 0 Å².